The summed E-state index contributed by atoms with van der Waals surface area (Å²) in [6.07, 6.45) is 1.58. The standard InChI is InChI=1S/C11H22O4S2/c1-12-3-4-13-5-6-14-7-8-15-11-2-9-16-17-10-11/h11H,2-10H2,1H3. The third-order valence-electron chi connectivity index (χ3n) is 2.25. The number of hydrogen-bond donors (Lipinski definition) is 0. The van der Waals surface area contributed by atoms with E-state index in [1.807, 2.05) is 21.6 Å². The van der Waals surface area contributed by atoms with Crippen LogP contribution >= 0.6 is 21.6 Å². The van der Waals surface area contributed by atoms with Crippen LogP contribution in [0, 0.1) is 0 Å². The third-order valence-corrected chi connectivity index (χ3v) is 4.73. The molecule has 1 unspecified atom stereocenters. The summed E-state index contributed by atoms with van der Waals surface area (Å²) in [4.78, 5) is 0. The van der Waals surface area contributed by atoms with Crippen LogP contribution in [-0.2, 0) is 18.9 Å². The maximum absolute atomic E-state index is 5.71. The van der Waals surface area contributed by atoms with Gasteiger partial charge in [0.05, 0.1) is 45.7 Å². The molecule has 1 aliphatic rings. The van der Waals surface area contributed by atoms with E-state index < -0.39 is 0 Å². The minimum absolute atomic E-state index is 0.419. The Labute approximate surface area is 111 Å². The van der Waals surface area contributed by atoms with Crippen molar-refractivity contribution in [3.8, 4) is 0 Å². The molecule has 1 rings (SSSR count). The van der Waals surface area contributed by atoms with Crippen LogP contribution in [0.25, 0.3) is 0 Å². The first-order chi connectivity index (χ1) is 8.43. The van der Waals surface area contributed by atoms with Gasteiger partial charge in [0.15, 0.2) is 0 Å². The van der Waals surface area contributed by atoms with Gasteiger partial charge in [-0.1, -0.05) is 21.6 Å². The smallest absolute Gasteiger partial charge is 0.0704 e. The monoisotopic (exact) mass is 282 g/mol. The number of methoxy groups -OCH3 is 1. The molecular weight excluding hydrogens is 260 g/mol. The van der Waals surface area contributed by atoms with E-state index in [0.29, 0.717) is 45.7 Å². The van der Waals surface area contributed by atoms with Crippen molar-refractivity contribution in [2.75, 3.05) is 58.3 Å². The van der Waals surface area contributed by atoms with Crippen LogP contribution in [-0.4, -0.2) is 64.4 Å². The zero-order chi connectivity index (χ0) is 12.2. The molecule has 0 aromatic carbocycles. The van der Waals surface area contributed by atoms with Gasteiger partial charge in [-0.15, -0.1) is 0 Å². The Balaban J connectivity index is 1.75. The van der Waals surface area contributed by atoms with Crippen LogP contribution in [0.4, 0.5) is 0 Å². The van der Waals surface area contributed by atoms with Gasteiger partial charge in [0.1, 0.15) is 0 Å². The van der Waals surface area contributed by atoms with E-state index in [0.717, 1.165) is 12.2 Å². The van der Waals surface area contributed by atoms with Crippen molar-refractivity contribution in [2.45, 2.75) is 12.5 Å². The van der Waals surface area contributed by atoms with Crippen molar-refractivity contribution >= 4 is 21.6 Å². The maximum Gasteiger partial charge on any atom is 0.0704 e. The van der Waals surface area contributed by atoms with Gasteiger partial charge in [0, 0.05) is 18.6 Å². The lowest BCUT2D eigenvalue weighted by Gasteiger charge is -2.20. The highest BCUT2D eigenvalue weighted by Gasteiger charge is 2.13. The molecule has 0 N–H and O–H groups in total. The first-order valence-electron chi connectivity index (χ1n) is 5.94. The van der Waals surface area contributed by atoms with Crippen molar-refractivity contribution in [1.82, 2.24) is 0 Å². The molecule has 6 heteroatoms. The van der Waals surface area contributed by atoms with E-state index in [2.05, 4.69) is 0 Å². The molecule has 17 heavy (non-hydrogen) atoms. The molecular formula is C11H22O4S2. The van der Waals surface area contributed by atoms with Gasteiger partial charge in [-0.3, -0.25) is 0 Å². The highest BCUT2D eigenvalue weighted by atomic mass is 33.1. The minimum atomic E-state index is 0.419. The number of rotatable bonds is 10. The molecule has 0 amide bonds. The molecule has 0 radical (unpaired) electrons. The Kier molecular flexibility index (Phi) is 10.7. The van der Waals surface area contributed by atoms with Crippen molar-refractivity contribution in [3.63, 3.8) is 0 Å². The van der Waals surface area contributed by atoms with Crippen LogP contribution in [0.1, 0.15) is 6.42 Å². The van der Waals surface area contributed by atoms with Gasteiger partial charge in [-0.2, -0.15) is 0 Å². The third kappa shape index (κ3) is 9.16. The molecule has 102 valence electrons. The highest BCUT2D eigenvalue weighted by molar-refractivity contribution is 8.76. The predicted octanol–water partition coefficient (Wildman–Crippen LogP) is 1.84. The molecule has 0 aromatic rings. The zero-order valence-corrected chi connectivity index (χ0v) is 12.0. The maximum atomic E-state index is 5.71. The van der Waals surface area contributed by atoms with Gasteiger partial charge in [0.2, 0.25) is 0 Å². The van der Waals surface area contributed by atoms with Gasteiger partial charge < -0.3 is 18.9 Å². The topological polar surface area (TPSA) is 36.9 Å². The molecule has 1 atom stereocenters. The van der Waals surface area contributed by atoms with Gasteiger partial charge >= 0.3 is 0 Å². The fraction of sp³-hybridized carbons (Fsp3) is 1.00. The van der Waals surface area contributed by atoms with Gasteiger partial charge in [-0.25, -0.2) is 0 Å². The van der Waals surface area contributed by atoms with E-state index >= 15 is 0 Å². The molecule has 0 aromatic heterocycles. The lowest BCUT2D eigenvalue weighted by Crippen LogP contribution is -2.22. The summed E-state index contributed by atoms with van der Waals surface area (Å²) in [5.74, 6) is 2.30. The number of hydrogen-bond acceptors (Lipinski definition) is 6. The second kappa shape index (κ2) is 11.6. The van der Waals surface area contributed by atoms with Gasteiger partial charge in [0.25, 0.3) is 0 Å². The van der Waals surface area contributed by atoms with Crippen molar-refractivity contribution in [3.05, 3.63) is 0 Å². The SMILES string of the molecule is COCCOCCOCCOC1CCSSC1. The number of ether oxygens (including phenoxy) is 4. The van der Waals surface area contributed by atoms with Gasteiger partial charge in [-0.05, 0) is 6.42 Å². The Morgan fingerprint density at radius 3 is 2.29 bits per heavy atom. The summed E-state index contributed by atoms with van der Waals surface area (Å²) in [7, 11) is 5.50. The van der Waals surface area contributed by atoms with E-state index in [9.17, 15) is 0 Å². The minimum Gasteiger partial charge on any atom is -0.382 e. The molecule has 1 aliphatic heterocycles. The Bertz CT molecular complexity index is 166. The summed E-state index contributed by atoms with van der Waals surface area (Å²) in [5, 5.41) is 0. The van der Waals surface area contributed by atoms with Crippen LogP contribution in [0.2, 0.25) is 0 Å². The predicted molar refractivity (Wildman–Crippen MR) is 72.8 cm³/mol. The van der Waals surface area contributed by atoms with E-state index in [1.165, 1.54) is 5.75 Å². The molecule has 0 aliphatic carbocycles. The summed E-state index contributed by atoms with van der Waals surface area (Å²) < 4.78 is 21.2. The summed E-state index contributed by atoms with van der Waals surface area (Å²) in [6, 6.07) is 0. The first-order valence-corrected chi connectivity index (χ1v) is 8.42. The Hall–Kier alpha value is 0.540. The van der Waals surface area contributed by atoms with Crippen molar-refractivity contribution in [2.24, 2.45) is 0 Å². The van der Waals surface area contributed by atoms with E-state index in [4.69, 9.17) is 18.9 Å². The average Bonchev–Trinajstić information content (AvgIpc) is 2.38. The largest absolute Gasteiger partial charge is 0.382 e. The quantitative estimate of drug-likeness (QED) is 0.449. The molecule has 1 heterocycles. The van der Waals surface area contributed by atoms with Crippen molar-refractivity contribution in [1.29, 1.82) is 0 Å². The second-order valence-electron chi connectivity index (χ2n) is 3.61. The Morgan fingerprint density at radius 2 is 1.65 bits per heavy atom. The Morgan fingerprint density at radius 1 is 0.941 bits per heavy atom. The summed E-state index contributed by atoms with van der Waals surface area (Å²) in [6.45, 7) is 3.87. The molecule has 0 bridgehead atoms. The molecule has 4 nitrogen and oxygen atoms in total. The highest BCUT2D eigenvalue weighted by Crippen LogP contribution is 2.30. The average molecular weight is 282 g/mol. The summed E-state index contributed by atoms with van der Waals surface area (Å²) in [5.41, 5.74) is 0. The summed E-state index contributed by atoms with van der Waals surface area (Å²) >= 11 is 0. The molecule has 1 fully saturated rings. The molecule has 0 saturated carbocycles. The van der Waals surface area contributed by atoms with Crippen LogP contribution in [0.3, 0.4) is 0 Å². The first kappa shape index (κ1) is 15.6. The lowest BCUT2D eigenvalue weighted by molar-refractivity contribution is -0.0114. The molecule has 1 saturated heterocycles. The normalized spacial score (nSPS) is 20.6. The van der Waals surface area contributed by atoms with Crippen LogP contribution < -0.4 is 0 Å². The second-order valence-corrected chi connectivity index (χ2v) is 6.23. The van der Waals surface area contributed by atoms with Crippen LogP contribution in [0.5, 0.6) is 0 Å². The zero-order valence-electron chi connectivity index (χ0n) is 10.4. The fourth-order valence-electron chi connectivity index (χ4n) is 1.32. The van der Waals surface area contributed by atoms with E-state index in [1.54, 1.807) is 7.11 Å². The molecule has 0 spiro atoms. The fourth-order valence-corrected chi connectivity index (χ4v) is 3.69. The lowest BCUT2D eigenvalue weighted by atomic mass is 10.3. The van der Waals surface area contributed by atoms with Crippen LogP contribution in [0.15, 0.2) is 0 Å². The van der Waals surface area contributed by atoms with Crippen molar-refractivity contribution < 1.29 is 18.9 Å². The van der Waals surface area contributed by atoms with E-state index in [-0.39, 0.29) is 0 Å².